The number of nitrogens with zero attached hydrogens (tertiary/aromatic N) is 1. The first-order valence-electron chi connectivity index (χ1n) is 7.28. The molecule has 0 heterocycles. The largest absolute Gasteiger partial charge is 0.383 e. The quantitative estimate of drug-likeness (QED) is 0.706. The average Bonchev–Trinajstić information content (AvgIpc) is 2.38. The van der Waals surface area contributed by atoms with E-state index in [9.17, 15) is 0 Å². The van der Waals surface area contributed by atoms with Gasteiger partial charge in [0.25, 0.3) is 0 Å². The lowest BCUT2D eigenvalue weighted by molar-refractivity contribution is 0.0507. The summed E-state index contributed by atoms with van der Waals surface area (Å²) in [6.07, 6.45) is 6.99. The van der Waals surface area contributed by atoms with E-state index < -0.39 is 0 Å². The van der Waals surface area contributed by atoms with Gasteiger partial charge in [0, 0.05) is 25.7 Å². The molecule has 1 saturated carbocycles. The standard InChI is InChI=1S/C14H30N2O/c1-4-15-11-14(12-17-3)16(5-2)13-9-7-6-8-10-13/h13-15H,4-12H2,1-3H3. The van der Waals surface area contributed by atoms with Crippen molar-refractivity contribution < 1.29 is 4.74 Å². The smallest absolute Gasteiger partial charge is 0.0630 e. The first kappa shape index (κ1) is 14.9. The molecule has 1 N–H and O–H groups in total. The Morgan fingerprint density at radius 1 is 1.24 bits per heavy atom. The van der Waals surface area contributed by atoms with Gasteiger partial charge in [-0.1, -0.05) is 33.1 Å². The Hall–Kier alpha value is -0.120. The topological polar surface area (TPSA) is 24.5 Å². The van der Waals surface area contributed by atoms with Gasteiger partial charge >= 0.3 is 0 Å². The normalized spacial score (nSPS) is 19.8. The van der Waals surface area contributed by atoms with Crippen LogP contribution < -0.4 is 5.32 Å². The van der Waals surface area contributed by atoms with Gasteiger partial charge < -0.3 is 10.1 Å². The van der Waals surface area contributed by atoms with Gasteiger partial charge in [0.2, 0.25) is 0 Å². The number of rotatable bonds is 8. The van der Waals surface area contributed by atoms with Crippen molar-refractivity contribution in [1.82, 2.24) is 10.2 Å². The van der Waals surface area contributed by atoms with Gasteiger partial charge in [-0.15, -0.1) is 0 Å². The van der Waals surface area contributed by atoms with Crippen LogP contribution in [0.15, 0.2) is 0 Å². The Morgan fingerprint density at radius 2 is 1.94 bits per heavy atom. The highest BCUT2D eigenvalue weighted by atomic mass is 16.5. The van der Waals surface area contributed by atoms with E-state index in [4.69, 9.17) is 4.74 Å². The molecular weight excluding hydrogens is 212 g/mol. The van der Waals surface area contributed by atoms with Crippen molar-refractivity contribution in [1.29, 1.82) is 0 Å². The molecule has 1 rings (SSSR count). The molecule has 0 bridgehead atoms. The molecule has 0 radical (unpaired) electrons. The van der Waals surface area contributed by atoms with Crippen LogP contribution in [0.5, 0.6) is 0 Å². The molecule has 0 aromatic rings. The maximum atomic E-state index is 5.39. The Labute approximate surface area is 107 Å². The first-order chi connectivity index (χ1) is 8.33. The highest BCUT2D eigenvalue weighted by Gasteiger charge is 2.25. The fraction of sp³-hybridized carbons (Fsp3) is 1.00. The third-order valence-corrected chi connectivity index (χ3v) is 3.87. The molecule has 0 aromatic carbocycles. The van der Waals surface area contributed by atoms with Gasteiger partial charge in [-0.25, -0.2) is 0 Å². The molecule has 102 valence electrons. The lowest BCUT2D eigenvalue weighted by Crippen LogP contribution is -2.50. The van der Waals surface area contributed by atoms with Crippen LogP contribution in [0, 0.1) is 0 Å². The molecule has 0 spiro atoms. The molecule has 1 atom stereocenters. The van der Waals surface area contributed by atoms with E-state index in [1.807, 2.05) is 7.11 Å². The van der Waals surface area contributed by atoms with Crippen molar-refractivity contribution in [2.24, 2.45) is 0 Å². The molecular formula is C14H30N2O. The summed E-state index contributed by atoms with van der Waals surface area (Å²) in [5.41, 5.74) is 0. The number of hydrogen-bond acceptors (Lipinski definition) is 3. The number of likely N-dealkylation sites (N-methyl/N-ethyl adjacent to an activating group) is 2. The second kappa shape index (κ2) is 8.90. The maximum Gasteiger partial charge on any atom is 0.0630 e. The first-order valence-corrected chi connectivity index (χ1v) is 7.28. The second-order valence-electron chi connectivity index (χ2n) is 5.04. The van der Waals surface area contributed by atoms with E-state index in [2.05, 4.69) is 24.1 Å². The minimum absolute atomic E-state index is 0.535. The van der Waals surface area contributed by atoms with Crippen LogP contribution in [0.3, 0.4) is 0 Å². The Kier molecular flexibility index (Phi) is 7.82. The van der Waals surface area contributed by atoms with E-state index >= 15 is 0 Å². The third kappa shape index (κ3) is 4.94. The van der Waals surface area contributed by atoms with Crippen LogP contribution in [0.4, 0.5) is 0 Å². The Balaban J connectivity index is 2.51. The van der Waals surface area contributed by atoms with Crippen molar-refractivity contribution in [2.75, 3.05) is 33.4 Å². The van der Waals surface area contributed by atoms with Gasteiger partial charge in [-0.2, -0.15) is 0 Å². The summed E-state index contributed by atoms with van der Waals surface area (Å²) < 4.78 is 5.39. The van der Waals surface area contributed by atoms with Gasteiger partial charge in [0.1, 0.15) is 0 Å². The van der Waals surface area contributed by atoms with Gasteiger partial charge in [0.15, 0.2) is 0 Å². The molecule has 1 aliphatic rings. The summed E-state index contributed by atoms with van der Waals surface area (Å²) in [6, 6.07) is 1.32. The van der Waals surface area contributed by atoms with Crippen LogP contribution in [-0.2, 0) is 4.74 Å². The lowest BCUT2D eigenvalue weighted by Gasteiger charge is -2.39. The zero-order valence-electron chi connectivity index (χ0n) is 11.9. The average molecular weight is 242 g/mol. The minimum Gasteiger partial charge on any atom is -0.383 e. The van der Waals surface area contributed by atoms with Gasteiger partial charge in [-0.05, 0) is 25.9 Å². The molecule has 0 aliphatic heterocycles. The van der Waals surface area contributed by atoms with E-state index in [1.165, 1.54) is 32.1 Å². The molecule has 17 heavy (non-hydrogen) atoms. The van der Waals surface area contributed by atoms with Crippen LogP contribution in [0.2, 0.25) is 0 Å². The van der Waals surface area contributed by atoms with E-state index in [-0.39, 0.29) is 0 Å². The molecule has 3 nitrogen and oxygen atoms in total. The highest BCUT2D eigenvalue weighted by Crippen LogP contribution is 2.24. The summed E-state index contributed by atoms with van der Waals surface area (Å²) in [6.45, 7) is 8.53. The predicted molar refractivity (Wildman–Crippen MR) is 73.5 cm³/mol. The molecule has 0 aromatic heterocycles. The van der Waals surface area contributed by atoms with Crippen LogP contribution >= 0.6 is 0 Å². The summed E-state index contributed by atoms with van der Waals surface area (Å²) in [4.78, 5) is 2.66. The third-order valence-electron chi connectivity index (χ3n) is 3.87. The number of methoxy groups -OCH3 is 1. The summed E-state index contributed by atoms with van der Waals surface area (Å²) in [5, 5.41) is 3.47. The molecule has 1 fully saturated rings. The van der Waals surface area contributed by atoms with Crippen LogP contribution in [-0.4, -0.2) is 50.3 Å². The van der Waals surface area contributed by atoms with Crippen molar-refractivity contribution in [2.45, 2.75) is 58.0 Å². The van der Waals surface area contributed by atoms with Crippen molar-refractivity contribution in [3.05, 3.63) is 0 Å². The predicted octanol–water partition coefficient (Wildman–Crippen LogP) is 2.27. The molecule has 0 amide bonds. The highest BCUT2D eigenvalue weighted by molar-refractivity contribution is 4.82. The fourth-order valence-corrected chi connectivity index (χ4v) is 3.00. The molecule has 1 aliphatic carbocycles. The SMILES string of the molecule is CCNCC(COC)N(CC)C1CCCCC1. The zero-order valence-corrected chi connectivity index (χ0v) is 11.9. The summed E-state index contributed by atoms with van der Waals surface area (Å²) >= 11 is 0. The molecule has 0 saturated heterocycles. The van der Waals surface area contributed by atoms with Crippen molar-refractivity contribution in [3.8, 4) is 0 Å². The van der Waals surface area contributed by atoms with E-state index in [0.717, 1.165) is 32.3 Å². The zero-order chi connectivity index (χ0) is 12.5. The summed E-state index contributed by atoms with van der Waals surface area (Å²) in [7, 11) is 1.81. The Bertz CT molecular complexity index is 181. The van der Waals surface area contributed by atoms with E-state index in [0.29, 0.717) is 6.04 Å². The lowest BCUT2D eigenvalue weighted by atomic mass is 9.93. The van der Waals surface area contributed by atoms with Crippen molar-refractivity contribution in [3.63, 3.8) is 0 Å². The van der Waals surface area contributed by atoms with Gasteiger partial charge in [-0.3, -0.25) is 4.90 Å². The Morgan fingerprint density at radius 3 is 2.47 bits per heavy atom. The van der Waals surface area contributed by atoms with E-state index in [1.54, 1.807) is 0 Å². The fourth-order valence-electron chi connectivity index (χ4n) is 3.00. The maximum absolute atomic E-state index is 5.39. The minimum atomic E-state index is 0.535. The number of nitrogens with one attached hydrogen (secondary N) is 1. The number of hydrogen-bond donors (Lipinski definition) is 1. The molecule has 1 unspecified atom stereocenters. The number of ether oxygens (including phenoxy) is 1. The van der Waals surface area contributed by atoms with Crippen molar-refractivity contribution >= 4 is 0 Å². The van der Waals surface area contributed by atoms with Crippen LogP contribution in [0.1, 0.15) is 46.0 Å². The summed E-state index contributed by atoms with van der Waals surface area (Å²) in [5.74, 6) is 0. The van der Waals surface area contributed by atoms with Gasteiger partial charge in [0.05, 0.1) is 6.61 Å². The van der Waals surface area contributed by atoms with Crippen LogP contribution in [0.25, 0.3) is 0 Å². The second-order valence-corrected chi connectivity index (χ2v) is 5.04. The monoisotopic (exact) mass is 242 g/mol. The molecule has 3 heteroatoms.